The van der Waals surface area contributed by atoms with Crippen LogP contribution in [0.25, 0.3) is 0 Å². The topological polar surface area (TPSA) is 21.3 Å². The molecule has 0 radical (unpaired) electrons. The number of nitrogens with one attached hydrogen (secondary N) is 1. The van der Waals surface area contributed by atoms with Crippen molar-refractivity contribution in [2.45, 2.75) is 26.8 Å². The van der Waals surface area contributed by atoms with Crippen LogP contribution in [0.5, 0.6) is 5.75 Å². The standard InChI is InChI=1S/C18H23NO/c1-12-6-8-15(9-7-12)18(19-4)17-14(3)10-13(2)11-16(17)20-5/h6-11,18-19H,1-5H3. The molecule has 20 heavy (non-hydrogen) atoms. The molecule has 0 amide bonds. The Morgan fingerprint density at radius 1 is 0.950 bits per heavy atom. The molecule has 0 aromatic heterocycles. The van der Waals surface area contributed by atoms with Crippen molar-refractivity contribution < 1.29 is 4.74 Å². The van der Waals surface area contributed by atoms with Crippen LogP contribution in [0.2, 0.25) is 0 Å². The smallest absolute Gasteiger partial charge is 0.124 e. The first-order valence-electron chi connectivity index (χ1n) is 6.95. The molecule has 0 spiro atoms. The Hall–Kier alpha value is -1.80. The highest BCUT2D eigenvalue weighted by molar-refractivity contribution is 5.48. The molecule has 1 atom stereocenters. The summed E-state index contributed by atoms with van der Waals surface area (Å²) in [6.45, 7) is 6.35. The lowest BCUT2D eigenvalue weighted by Gasteiger charge is -2.23. The summed E-state index contributed by atoms with van der Waals surface area (Å²) in [5.74, 6) is 0.947. The summed E-state index contributed by atoms with van der Waals surface area (Å²) < 4.78 is 5.60. The fourth-order valence-electron chi connectivity index (χ4n) is 2.72. The largest absolute Gasteiger partial charge is 0.496 e. The van der Waals surface area contributed by atoms with Crippen LogP contribution in [-0.2, 0) is 0 Å². The molecule has 2 rings (SSSR count). The van der Waals surface area contributed by atoms with Gasteiger partial charge >= 0.3 is 0 Å². The van der Waals surface area contributed by atoms with Crippen LogP contribution in [0.4, 0.5) is 0 Å². The second kappa shape index (κ2) is 6.10. The third-order valence-corrected chi connectivity index (χ3v) is 3.70. The fourth-order valence-corrected chi connectivity index (χ4v) is 2.72. The summed E-state index contributed by atoms with van der Waals surface area (Å²) >= 11 is 0. The number of benzene rings is 2. The molecule has 106 valence electrons. The third kappa shape index (κ3) is 2.86. The summed E-state index contributed by atoms with van der Waals surface area (Å²) in [7, 11) is 3.73. The van der Waals surface area contributed by atoms with Crippen molar-refractivity contribution in [2.24, 2.45) is 0 Å². The molecule has 0 heterocycles. The minimum atomic E-state index is 0.145. The van der Waals surface area contributed by atoms with Gasteiger partial charge in [0.2, 0.25) is 0 Å². The molecule has 0 aliphatic heterocycles. The summed E-state index contributed by atoms with van der Waals surface area (Å²) in [5.41, 5.74) is 6.22. The Bertz CT molecular complexity index is 587. The molecule has 0 saturated carbocycles. The van der Waals surface area contributed by atoms with Crippen molar-refractivity contribution in [1.82, 2.24) is 5.32 Å². The lowest BCUT2D eigenvalue weighted by molar-refractivity contribution is 0.404. The van der Waals surface area contributed by atoms with Crippen molar-refractivity contribution >= 4 is 0 Å². The predicted molar refractivity (Wildman–Crippen MR) is 84.5 cm³/mol. The van der Waals surface area contributed by atoms with E-state index in [-0.39, 0.29) is 6.04 Å². The molecule has 0 saturated heterocycles. The van der Waals surface area contributed by atoms with Crippen molar-refractivity contribution in [3.8, 4) is 5.75 Å². The first-order valence-corrected chi connectivity index (χ1v) is 6.95. The maximum absolute atomic E-state index is 5.60. The van der Waals surface area contributed by atoms with Crippen LogP contribution < -0.4 is 10.1 Å². The molecule has 0 fully saturated rings. The van der Waals surface area contributed by atoms with Crippen LogP contribution in [0.15, 0.2) is 36.4 Å². The zero-order chi connectivity index (χ0) is 14.7. The van der Waals surface area contributed by atoms with E-state index in [1.54, 1.807) is 7.11 Å². The molecular weight excluding hydrogens is 246 g/mol. The quantitative estimate of drug-likeness (QED) is 0.908. The number of hydrogen-bond donors (Lipinski definition) is 1. The van der Waals surface area contributed by atoms with Crippen molar-refractivity contribution in [3.63, 3.8) is 0 Å². The van der Waals surface area contributed by atoms with E-state index < -0.39 is 0 Å². The summed E-state index contributed by atoms with van der Waals surface area (Å²) in [6.07, 6.45) is 0. The van der Waals surface area contributed by atoms with Crippen molar-refractivity contribution in [2.75, 3.05) is 14.2 Å². The molecule has 2 aromatic carbocycles. The van der Waals surface area contributed by atoms with Crippen molar-refractivity contribution in [3.05, 3.63) is 64.2 Å². The van der Waals surface area contributed by atoms with E-state index in [9.17, 15) is 0 Å². The fraction of sp³-hybridized carbons (Fsp3) is 0.333. The Balaban J connectivity index is 2.54. The average Bonchev–Trinajstić information content (AvgIpc) is 2.43. The molecule has 2 nitrogen and oxygen atoms in total. The lowest BCUT2D eigenvalue weighted by Crippen LogP contribution is -2.19. The second-order valence-electron chi connectivity index (χ2n) is 5.33. The molecule has 2 aromatic rings. The van der Waals surface area contributed by atoms with Gasteiger partial charge in [-0.15, -0.1) is 0 Å². The molecule has 1 unspecified atom stereocenters. The number of aryl methyl sites for hydroxylation is 3. The van der Waals surface area contributed by atoms with Gasteiger partial charge in [-0.25, -0.2) is 0 Å². The van der Waals surface area contributed by atoms with E-state index in [0.717, 1.165) is 5.75 Å². The Morgan fingerprint density at radius 2 is 1.60 bits per heavy atom. The van der Waals surface area contributed by atoms with Crippen LogP contribution in [0.3, 0.4) is 0 Å². The van der Waals surface area contributed by atoms with E-state index in [1.165, 1.54) is 27.8 Å². The minimum Gasteiger partial charge on any atom is -0.496 e. The highest BCUT2D eigenvalue weighted by Gasteiger charge is 2.19. The lowest BCUT2D eigenvalue weighted by atomic mass is 9.92. The maximum Gasteiger partial charge on any atom is 0.124 e. The summed E-state index contributed by atoms with van der Waals surface area (Å²) in [6, 6.07) is 13.1. The Morgan fingerprint density at radius 3 is 2.15 bits per heavy atom. The maximum atomic E-state index is 5.60. The Labute approximate surface area is 121 Å². The summed E-state index contributed by atoms with van der Waals surface area (Å²) in [4.78, 5) is 0. The molecule has 2 heteroatoms. The number of ether oxygens (including phenoxy) is 1. The van der Waals surface area contributed by atoms with Gasteiger partial charge in [0.15, 0.2) is 0 Å². The van der Waals surface area contributed by atoms with Gasteiger partial charge in [0.25, 0.3) is 0 Å². The third-order valence-electron chi connectivity index (χ3n) is 3.70. The van der Waals surface area contributed by atoms with E-state index in [1.807, 2.05) is 7.05 Å². The van der Waals surface area contributed by atoms with Crippen LogP contribution in [0, 0.1) is 20.8 Å². The van der Waals surface area contributed by atoms with E-state index in [0.29, 0.717) is 0 Å². The first kappa shape index (κ1) is 14.6. The van der Waals surface area contributed by atoms with Gasteiger partial charge in [-0.3, -0.25) is 0 Å². The first-order chi connectivity index (χ1) is 9.56. The van der Waals surface area contributed by atoms with Gasteiger partial charge in [-0.2, -0.15) is 0 Å². The predicted octanol–water partition coefficient (Wildman–Crippen LogP) is 3.93. The number of methoxy groups -OCH3 is 1. The van der Waals surface area contributed by atoms with Gasteiger partial charge in [-0.05, 0) is 50.6 Å². The zero-order valence-corrected chi connectivity index (χ0v) is 12.9. The molecule has 1 N–H and O–H groups in total. The van der Waals surface area contributed by atoms with Gasteiger partial charge in [0.1, 0.15) is 5.75 Å². The van der Waals surface area contributed by atoms with Crippen molar-refractivity contribution in [1.29, 1.82) is 0 Å². The highest BCUT2D eigenvalue weighted by atomic mass is 16.5. The van der Waals surface area contributed by atoms with E-state index in [4.69, 9.17) is 4.74 Å². The summed E-state index contributed by atoms with van der Waals surface area (Å²) in [5, 5.41) is 3.41. The molecule has 0 bridgehead atoms. The second-order valence-corrected chi connectivity index (χ2v) is 5.33. The molecular formula is C18H23NO. The number of rotatable bonds is 4. The normalized spacial score (nSPS) is 12.2. The van der Waals surface area contributed by atoms with Crippen LogP contribution in [-0.4, -0.2) is 14.2 Å². The van der Waals surface area contributed by atoms with Gasteiger partial charge in [0, 0.05) is 5.56 Å². The van der Waals surface area contributed by atoms with Crippen LogP contribution in [0.1, 0.15) is 33.9 Å². The van der Waals surface area contributed by atoms with E-state index >= 15 is 0 Å². The molecule has 0 aliphatic rings. The van der Waals surface area contributed by atoms with Gasteiger partial charge in [-0.1, -0.05) is 35.9 Å². The van der Waals surface area contributed by atoms with Crippen LogP contribution >= 0.6 is 0 Å². The monoisotopic (exact) mass is 269 g/mol. The zero-order valence-electron chi connectivity index (χ0n) is 12.9. The Kier molecular flexibility index (Phi) is 4.46. The average molecular weight is 269 g/mol. The highest BCUT2D eigenvalue weighted by Crippen LogP contribution is 2.33. The SMILES string of the molecule is CNC(c1ccc(C)cc1)c1c(C)cc(C)cc1OC. The van der Waals surface area contributed by atoms with Gasteiger partial charge in [0.05, 0.1) is 13.2 Å². The van der Waals surface area contributed by atoms with Gasteiger partial charge < -0.3 is 10.1 Å². The minimum absolute atomic E-state index is 0.145. The number of hydrogen-bond acceptors (Lipinski definition) is 2. The molecule has 0 aliphatic carbocycles. The van der Waals surface area contributed by atoms with E-state index in [2.05, 4.69) is 62.5 Å².